The average molecular weight is 355 g/mol. The third-order valence-electron chi connectivity index (χ3n) is 5.89. The Morgan fingerprint density at radius 1 is 1.04 bits per heavy atom. The summed E-state index contributed by atoms with van der Waals surface area (Å²) in [6, 6.07) is 8.31. The van der Waals surface area contributed by atoms with Gasteiger partial charge in [0.05, 0.1) is 12.6 Å². The highest BCUT2D eigenvalue weighted by Crippen LogP contribution is 2.31. The number of carbonyl (C=O) groups is 3. The molecule has 1 aromatic rings. The quantitative estimate of drug-likeness (QED) is 0.904. The summed E-state index contributed by atoms with van der Waals surface area (Å²) in [4.78, 5) is 41.5. The monoisotopic (exact) mass is 355 g/mol. The lowest BCUT2D eigenvalue weighted by Gasteiger charge is -2.38. The van der Waals surface area contributed by atoms with Crippen molar-refractivity contribution in [3.05, 3.63) is 35.9 Å². The summed E-state index contributed by atoms with van der Waals surface area (Å²) >= 11 is 0. The summed E-state index contributed by atoms with van der Waals surface area (Å²) in [6.07, 6.45) is 5.85. The Bertz CT molecular complexity index is 700. The normalized spacial score (nSPS) is 26.6. The van der Waals surface area contributed by atoms with Gasteiger partial charge in [0.1, 0.15) is 6.04 Å². The molecule has 4 rings (SSSR count). The Hall–Kier alpha value is -2.37. The number of benzene rings is 1. The molecule has 4 amide bonds. The first kappa shape index (κ1) is 17.1. The zero-order valence-corrected chi connectivity index (χ0v) is 14.9. The van der Waals surface area contributed by atoms with Crippen molar-refractivity contribution < 1.29 is 14.4 Å². The molecule has 2 heterocycles. The first-order valence-corrected chi connectivity index (χ1v) is 9.61. The predicted octanol–water partition coefficient (Wildman–Crippen LogP) is 2.29. The number of nitrogens with one attached hydrogen (secondary N) is 1. The van der Waals surface area contributed by atoms with Crippen molar-refractivity contribution in [1.82, 2.24) is 15.1 Å². The summed E-state index contributed by atoms with van der Waals surface area (Å²) in [6.45, 7) is 0.788. The number of nitrogens with zero attached hydrogens (tertiary/aromatic N) is 2. The Morgan fingerprint density at radius 3 is 2.50 bits per heavy atom. The Balaban J connectivity index is 1.52. The minimum absolute atomic E-state index is 0.0375. The van der Waals surface area contributed by atoms with Gasteiger partial charge in [-0.15, -0.1) is 0 Å². The van der Waals surface area contributed by atoms with Gasteiger partial charge < -0.3 is 10.2 Å². The maximum absolute atomic E-state index is 13.1. The number of urea groups is 1. The number of fused-ring (bicyclic) bond motifs is 1. The topological polar surface area (TPSA) is 69.7 Å². The molecule has 0 aromatic heterocycles. The van der Waals surface area contributed by atoms with Crippen LogP contribution in [0.1, 0.15) is 44.1 Å². The molecule has 1 N–H and O–H groups in total. The number of hydrogen-bond donors (Lipinski definition) is 1. The van der Waals surface area contributed by atoms with Crippen molar-refractivity contribution in [2.24, 2.45) is 5.92 Å². The van der Waals surface area contributed by atoms with E-state index in [9.17, 15) is 14.4 Å². The molecule has 6 nitrogen and oxygen atoms in total. The van der Waals surface area contributed by atoms with Crippen LogP contribution in [-0.2, 0) is 16.1 Å². The number of carbonyl (C=O) groups excluding carboxylic acids is 3. The Kier molecular flexibility index (Phi) is 4.66. The van der Waals surface area contributed by atoms with Gasteiger partial charge in [-0.1, -0.05) is 49.6 Å². The van der Waals surface area contributed by atoms with Gasteiger partial charge in [0.25, 0.3) is 5.91 Å². The summed E-state index contributed by atoms with van der Waals surface area (Å²) < 4.78 is 0. The summed E-state index contributed by atoms with van der Waals surface area (Å²) in [5.74, 6) is -0.110. The van der Waals surface area contributed by atoms with E-state index >= 15 is 0 Å². The van der Waals surface area contributed by atoms with Crippen LogP contribution in [0.3, 0.4) is 0 Å². The van der Waals surface area contributed by atoms with Crippen LogP contribution < -0.4 is 5.32 Å². The van der Waals surface area contributed by atoms with Crippen LogP contribution in [0.25, 0.3) is 0 Å². The van der Waals surface area contributed by atoms with Crippen LogP contribution in [0.2, 0.25) is 0 Å². The van der Waals surface area contributed by atoms with Gasteiger partial charge in [-0.2, -0.15) is 0 Å². The average Bonchev–Trinajstić information content (AvgIpc) is 3.10. The molecule has 3 fully saturated rings. The highest BCUT2D eigenvalue weighted by Gasteiger charge is 2.50. The number of hydrogen-bond acceptors (Lipinski definition) is 3. The first-order chi connectivity index (χ1) is 12.6. The minimum Gasteiger partial charge on any atom is -0.332 e. The first-order valence-electron chi connectivity index (χ1n) is 9.61. The van der Waals surface area contributed by atoms with Crippen LogP contribution >= 0.6 is 0 Å². The molecular formula is C20H25N3O3. The fourth-order valence-corrected chi connectivity index (χ4v) is 4.49. The second kappa shape index (κ2) is 7.09. The summed E-state index contributed by atoms with van der Waals surface area (Å²) in [5, 5.41) is 2.94. The summed E-state index contributed by atoms with van der Waals surface area (Å²) in [5.41, 5.74) is 0.901. The van der Waals surface area contributed by atoms with Crippen LogP contribution in [-0.4, -0.2) is 46.3 Å². The van der Waals surface area contributed by atoms with Gasteiger partial charge in [-0.3, -0.25) is 14.5 Å². The number of amides is 4. The van der Waals surface area contributed by atoms with Crippen molar-refractivity contribution in [2.45, 2.75) is 57.2 Å². The van der Waals surface area contributed by atoms with E-state index in [1.165, 1.54) is 11.3 Å². The molecular weight excluding hydrogens is 330 g/mol. The summed E-state index contributed by atoms with van der Waals surface area (Å²) in [7, 11) is 0. The van der Waals surface area contributed by atoms with Crippen LogP contribution in [0.15, 0.2) is 30.3 Å². The Labute approximate surface area is 153 Å². The third kappa shape index (κ3) is 3.08. The highest BCUT2D eigenvalue weighted by atomic mass is 16.2. The van der Waals surface area contributed by atoms with Gasteiger partial charge in [-0.25, -0.2) is 4.79 Å². The molecule has 138 valence electrons. The van der Waals surface area contributed by atoms with Crippen molar-refractivity contribution in [2.75, 3.05) is 6.54 Å². The number of rotatable bonds is 3. The van der Waals surface area contributed by atoms with Crippen LogP contribution in [0.4, 0.5) is 4.79 Å². The lowest BCUT2D eigenvalue weighted by atomic mass is 9.88. The molecule has 0 radical (unpaired) electrons. The molecule has 1 saturated carbocycles. The molecule has 6 heteroatoms. The van der Waals surface area contributed by atoms with Gasteiger partial charge in [0.2, 0.25) is 5.91 Å². The molecule has 2 unspecified atom stereocenters. The minimum atomic E-state index is -0.550. The molecule has 0 spiro atoms. The van der Waals surface area contributed by atoms with E-state index in [-0.39, 0.29) is 36.3 Å². The molecule has 26 heavy (non-hydrogen) atoms. The van der Waals surface area contributed by atoms with Gasteiger partial charge in [-0.05, 0) is 24.8 Å². The SMILES string of the molecule is O=C1NC2CCN(C(=O)C3CCCCC3)C2C(=O)N1Cc1ccccc1. The van der Waals surface area contributed by atoms with E-state index in [0.29, 0.717) is 13.0 Å². The zero-order chi connectivity index (χ0) is 18.1. The number of likely N-dealkylation sites (tertiary alicyclic amines) is 1. The second-order valence-corrected chi connectivity index (χ2v) is 7.57. The van der Waals surface area contributed by atoms with E-state index < -0.39 is 6.04 Å². The molecule has 3 aliphatic rings. The van der Waals surface area contributed by atoms with Crippen molar-refractivity contribution in [1.29, 1.82) is 0 Å². The fourth-order valence-electron chi connectivity index (χ4n) is 4.49. The van der Waals surface area contributed by atoms with Crippen molar-refractivity contribution in [3.8, 4) is 0 Å². The number of imide groups is 1. The smallest absolute Gasteiger partial charge is 0.324 e. The molecule has 1 aromatic carbocycles. The van der Waals surface area contributed by atoms with Crippen molar-refractivity contribution >= 4 is 17.8 Å². The van der Waals surface area contributed by atoms with E-state index in [0.717, 1.165) is 31.2 Å². The predicted molar refractivity (Wildman–Crippen MR) is 96.0 cm³/mol. The fraction of sp³-hybridized carbons (Fsp3) is 0.550. The van der Waals surface area contributed by atoms with Gasteiger partial charge in [0, 0.05) is 12.5 Å². The molecule has 2 atom stereocenters. The van der Waals surface area contributed by atoms with Gasteiger partial charge >= 0.3 is 6.03 Å². The van der Waals surface area contributed by atoms with E-state index in [2.05, 4.69) is 5.32 Å². The third-order valence-corrected chi connectivity index (χ3v) is 5.89. The van der Waals surface area contributed by atoms with Gasteiger partial charge in [0.15, 0.2) is 0 Å². The Morgan fingerprint density at radius 2 is 1.77 bits per heavy atom. The lowest BCUT2D eigenvalue weighted by molar-refractivity contribution is -0.147. The highest BCUT2D eigenvalue weighted by molar-refractivity contribution is 6.02. The molecule has 2 saturated heterocycles. The lowest BCUT2D eigenvalue weighted by Crippen LogP contribution is -2.64. The molecule has 1 aliphatic carbocycles. The maximum Gasteiger partial charge on any atom is 0.324 e. The molecule has 0 bridgehead atoms. The molecule has 2 aliphatic heterocycles. The maximum atomic E-state index is 13.1. The van der Waals surface area contributed by atoms with E-state index in [1.54, 1.807) is 4.90 Å². The zero-order valence-electron chi connectivity index (χ0n) is 14.9. The van der Waals surface area contributed by atoms with E-state index in [1.807, 2.05) is 30.3 Å². The van der Waals surface area contributed by atoms with Crippen molar-refractivity contribution in [3.63, 3.8) is 0 Å². The van der Waals surface area contributed by atoms with Crippen LogP contribution in [0, 0.1) is 5.92 Å². The van der Waals surface area contributed by atoms with Crippen LogP contribution in [0.5, 0.6) is 0 Å². The van der Waals surface area contributed by atoms with E-state index in [4.69, 9.17) is 0 Å². The largest absolute Gasteiger partial charge is 0.332 e. The second-order valence-electron chi connectivity index (χ2n) is 7.57. The standard InChI is InChI=1S/C20H25N3O3/c24-18(15-9-5-2-6-10-15)22-12-11-16-17(22)19(25)23(20(26)21-16)13-14-7-3-1-4-8-14/h1,3-4,7-8,15-17H,2,5-6,9-13H2,(H,21,26).